The zero-order chi connectivity index (χ0) is 13.7. The number of halogens is 2. The first kappa shape index (κ1) is 14.4. The third kappa shape index (κ3) is 3.17. The molecule has 5 nitrogen and oxygen atoms in total. The summed E-state index contributed by atoms with van der Waals surface area (Å²) in [4.78, 5) is 12.0. The standard InChI is InChI=1S/C11H11BrFN3O2/c1-2-15(5-3-4-14)10-7-9(13)8(12)6-11(10)16(17)18/h6-7H,2-3,5H2,1H3. The van der Waals surface area contributed by atoms with Crippen LogP contribution in [-0.2, 0) is 0 Å². The Morgan fingerprint density at radius 3 is 2.78 bits per heavy atom. The van der Waals surface area contributed by atoms with Crippen LogP contribution in [0.1, 0.15) is 13.3 Å². The van der Waals surface area contributed by atoms with Gasteiger partial charge in [-0.3, -0.25) is 10.1 Å². The minimum absolute atomic E-state index is 0.0503. The molecule has 1 aromatic carbocycles. The smallest absolute Gasteiger partial charge is 0.293 e. The number of rotatable bonds is 5. The highest BCUT2D eigenvalue weighted by molar-refractivity contribution is 9.10. The normalized spacial score (nSPS) is 9.89. The molecule has 0 saturated heterocycles. The SMILES string of the molecule is CCN(CCC#N)c1cc(F)c(Br)cc1[N+](=O)[O-]. The van der Waals surface area contributed by atoms with Crippen LogP contribution in [0.25, 0.3) is 0 Å². The lowest BCUT2D eigenvalue weighted by atomic mass is 10.2. The molecule has 96 valence electrons. The van der Waals surface area contributed by atoms with Crippen molar-refractivity contribution < 1.29 is 9.31 Å². The van der Waals surface area contributed by atoms with Gasteiger partial charge in [0.05, 0.1) is 21.9 Å². The monoisotopic (exact) mass is 315 g/mol. The lowest BCUT2D eigenvalue weighted by Gasteiger charge is -2.21. The van der Waals surface area contributed by atoms with E-state index in [1.807, 2.05) is 6.07 Å². The lowest BCUT2D eigenvalue weighted by Crippen LogP contribution is -2.24. The molecule has 0 aromatic heterocycles. The van der Waals surface area contributed by atoms with E-state index in [0.29, 0.717) is 13.1 Å². The van der Waals surface area contributed by atoms with Gasteiger partial charge >= 0.3 is 0 Å². The van der Waals surface area contributed by atoms with Crippen LogP contribution in [0.5, 0.6) is 0 Å². The molecule has 0 N–H and O–H groups in total. The van der Waals surface area contributed by atoms with Gasteiger partial charge in [0.15, 0.2) is 0 Å². The van der Waals surface area contributed by atoms with E-state index in [1.165, 1.54) is 0 Å². The van der Waals surface area contributed by atoms with Crippen molar-refractivity contribution in [3.8, 4) is 6.07 Å². The van der Waals surface area contributed by atoms with E-state index in [1.54, 1.807) is 11.8 Å². The first-order valence-corrected chi connectivity index (χ1v) is 6.05. The van der Waals surface area contributed by atoms with Gasteiger partial charge in [0.2, 0.25) is 0 Å². The molecule has 0 atom stereocenters. The fourth-order valence-electron chi connectivity index (χ4n) is 1.56. The molecule has 0 amide bonds. The predicted octanol–water partition coefficient (Wildman–Crippen LogP) is 3.24. The maximum Gasteiger partial charge on any atom is 0.293 e. The first-order chi connectivity index (χ1) is 8.51. The van der Waals surface area contributed by atoms with Gasteiger partial charge < -0.3 is 4.90 Å². The Balaban J connectivity index is 3.23. The van der Waals surface area contributed by atoms with Gasteiger partial charge in [0, 0.05) is 25.2 Å². The molecular weight excluding hydrogens is 305 g/mol. The average Bonchev–Trinajstić information content (AvgIpc) is 2.33. The summed E-state index contributed by atoms with van der Waals surface area (Å²) in [6.07, 6.45) is 0.225. The summed E-state index contributed by atoms with van der Waals surface area (Å²) in [6.45, 7) is 2.58. The molecule has 0 radical (unpaired) electrons. The number of anilines is 1. The second kappa shape index (κ2) is 6.31. The zero-order valence-corrected chi connectivity index (χ0v) is 11.3. The summed E-state index contributed by atoms with van der Waals surface area (Å²) in [6, 6.07) is 4.22. The van der Waals surface area contributed by atoms with E-state index in [4.69, 9.17) is 5.26 Å². The van der Waals surface area contributed by atoms with Crippen molar-refractivity contribution in [1.29, 1.82) is 5.26 Å². The Bertz CT molecular complexity index is 502. The summed E-state index contributed by atoms with van der Waals surface area (Å²) in [5.41, 5.74) is 0.0153. The van der Waals surface area contributed by atoms with Crippen molar-refractivity contribution in [2.75, 3.05) is 18.0 Å². The summed E-state index contributed by atoms with van der Waals surface area (Å²) < 4.78 is 13.5. The molecule has 0 aliphatic carbocycles. The van der Waals surface area contributed by atoms with Crippen LogP contribution < -0.4 is 4.90 Å². The molecule has 7 heteroatoms. The fraction of sp³-hybridized carbons (Fsp3) is 0.364. The lowest BCUT2D eigenvalue weighted by molar-refractivity contribution is -0.384. The van der Waals surface area contributed by atoms with Crippen molar-refractivity contribution in [2.45, 2.75) is 13.3 Å². The maximum atomic E-state index is 13.5. The van der Waals surface area contributed by atoms with E-state index in [-0.39, 0.29) is 22.3 Å². The topological polar surface area (TPSA) is 70.2 Å². The Morgan fingerprint density at radius 1 is 1.61 bits per heavy atom. The largest absolute Gasteiger partial charge is 0.365 e. The number of nitro groups is 1. The molecular formula is C11H11BrFN3O2. The van der Waals surface area contributed by atoms with E-state index < -0.39 is 10.7 Å². The molecule has 0 aliphatic rings. The van der Waals surface area contributed by atoms with Crippen molar-refractivity contribution in [3.05, 3.63) is 32.5 Å². The second-order valence-corrected chi connectivity index (χ2v) is 4.35. The highest BCUT2D eigenvalue weighted by Crippen LogP contribution is 2.33. The number of hydrogen-bond donors (Lipinski definition) is 0. The van der Waals surface area contributed by atoms with Crippen molar-refractivity contribution in [2.24, 2.45) is 0 Å². The molecule has 0 heterocycles. The molecule has 1 rings (SSSR count). The zero-order valence-electron chi connectivity index (χ0n) is 9.69. The number of nitrogens with zero attached hydrogens (tertiary/aromatic N) is 3. The van der Waals surface area contributed by atoms with Crippen LogP contribution in [0.15, 0.2) is 16.6 Å². The Labute approximate surface area is 112 Å². The summed E-state index contributed by atoms with van der Waals surface area (Å²) >= 11 is 2.92. The van der Waals surface area contributed by atoms with Crippen molar-refractivity contribution in [1.82, 2.24) is 0 Å². The molecule has 0 unspecified atom stereocenters. The van der Waals surface area contributed by atoms with Crippen LogP contribution in [-0.4, -0.2) is 18.0 Å². The van der Waals surface area contributed by atoms with Gasteiger partial charge in [-0.05, 0) is 22.9 Å². The second-order valence-electron chi connectivity index (χ2n) is 3.50. The van der Waals surface area contributed by atoms with Crippen molar-refractivity contribution >= 4 is 27.3 Å². The Morgan fingerprint density at radius 2 is 2.28 bits per heavy atom. The predicted molar refractivity (Wildman–Crippen MR) is 68.9 cm³/mol. The van der Waals surface area contributed by atoms with Gasteiger partial charge in [0.1, 0.15) is 11.5 Å². The third-order valence-corrected chi connectivity index (χ3v) is 3.04. The van der Waals surface area contributed by atoms with E-state index in [9.17, 15) is 14.5 Å². The minimum Gasteiger partial charge on any atom is -0.365 e. The summed E-state index contributed by atoms with van der Waals surface area (Å²) in [7, 11) is 0. The highest BCUT2D eigenvalue weighted by Gasteiger charge is 2.21. The van der Waals surface area contributed by atoms with E-state index in [0.717, 1.165) is 12.1 Å². The maximum absolute atomic E-state index is 13.5. The van der Waals surface area contributed by atoms with Crippen LogP contribution in [0.2, 0.25) is 0 Å². The molecule has 18 heavy (non-hydrogen) atoms. The molecule has 0 spiro atoms. The molecule has 0 saturated carbocycles. The van der Waals surface area contributed by atoms with Gasteiger partial charge in [-0.1, -0.05) is 0 Å². The first-order valence-electron chi connectivity index (χ1n) is 5.26. The molecule has 0 bridgehead atoms. The quantitative estimate of drug-likeness (QED) is 0.617. The van der Waals surface area contributed by atoms with Gasteiger partial charge in [-0.15, -0.1) is 0 Å². The van der Waals surface area contributed by atoms with Crippen LogP contribution in [0.3, 0.4) is 0 Å². The molecule has 1 aromatic rings. The number of nitriles is 1. The Hall–Kier alpha value is -1.68. The van der Waals surface area contributed by atoms with Gasteiger partial charge in [-0.2, -0.15) is 5.26 Å². The van der Waals surface area contributed by atoms with Crippen molar-refractivity contribution in [3.63, 3.8) is 0 Å². The summed E-state index contributed by atoms with van der Waals surface area (Å²) in [5.74, 6) is -0.564. The summed E-state index contributed by atoms with van der Waals surface area (Å²) in [5, 5.41) is 19.5. The molecule has 0 fully saturated rings. The fourth-order valence-corrected chi connectivity index (χ4v) is 1.89. The highest BCUT2D eigenvalue weighted by atomic mass is 79.9. The number of hydrogen-bond acceptors (Lipinski definition) is 4. The minimum atomic E-state index is -0.564. The van der Waals surface area contributed by atoms with E-state index >= 15 is 0 Å². The number of benzene rings is 1. The van der Waals surface area contributed by atoms with E-state index in [2.05, 4.69) is 15.9 Å². The molecule has 0 aliphatic heterocycles. The van der Waals surface area contributed by atoms with Crippen LogP contribution in [0.4, 0.5) is 15.8 Å². The van der Waals surface area contributed by atoms with Crippen LogP contribution in [0, 0.1) is 27.3 Å². The average molecular weight is 316 g/mol. The Kier molecular flexibility index (Phi) is 5.04. The van der Waals surface area contributed by atoms with Crippen LogP contribution >= 0.6 is 15.9 Å². The third-order valence-electron chi connectivity index (χ3n) is 2.43. The van der Waals surface area contributed by atoms with Gasteiger partial charge in [-0.25, -0.2) is 4.39 Å². The van der Waals surface area contributed by atoms with Gasteiger partial charge in [0.25, 0.3) is 5.69 Å². The number of nitro benzene ring substituents is 1.